The maximum absolute atomic E-state index is 11.4. The molecule has 2 aliphatic heterocycles. The highest BCUT2D eigenvalue weighted by Crippen LogP contribution is 2.30. The van der Waals surface area contributed by atoms with E-state index in [0.717, 1.165) is 45.4 Å². The van der Waals surface area contributed by atoms with Crippen LogP contribution in [0.3, 0.4) is 0 Å². The number of piperidine rings is 2. The lowest BCUT2D eigenvalue weighted by molar-refractivity contribution is -0.133. The molecular formula is C14H26N2O2. The van der Waals surface area contributed by atoms with E-state index in [2.05, 4.69) is 11.8 Å². The molecule has 0 bridgehead atoms. The molecule has 4 nitrogen and oxygen atoms in total. The van der Waals surface area contributed by atoms with Crippen molar-refractivity contribution in [3.8, 4) is 0 Å². The molecule has 1 atom stereocenters. The summed E-state index contributed by atoms with van der Waals surface area (Å²) in [5.41, 5.74) is 0.135. The summed E-state index contributed by atoms with van der Waals surface area (Å²) in [7, 11) is 1.91. The standard InChI is InChI=1S/C14H26N2O2/c1-14(11-17)5-7-16(8-6-14)10-12-3-4-13(18)15(2)9-12/h12,17H,3-11H2,1-2H3. The Hall–Kier alpha value is -0.610. The molecule has 2 fully saturated rings. The smallest absolute Gasteiger partial charge is 0.222 e. The van der Waals surface area contributed by atoms with Crippen molar-refractivity contribution in [1.82, 2.24) is 9.80 Å². The van der Waals surface area contributed by atoms with Crippen molar-refractivity contribution >= 4 is 5.91 Å². The van der Waals surface area contributed by atoms with Gasteiger partial charge >= 0.3 is 0 Å². The second kappa shape index (κ2) is 5.57. The zero-order valence-electron chi connectivity index (χ0n) is 11.7. The lowest BCUT2D eigenvalue weighted by Gasteiger charge is -2.40. The fraction of sp³-hybridized carbons (Fsp3) is 0.929. The summed E-state index contributed by atoms with van der Waals surface area (Å²) in [6.45, 7) is 6.68. The van der Waals surface area contributed by atoms with Gasteiger partial charge in [-0.25, -0.2) is 0 Å². The lowest BCUT2D eigenvalue weighted by Crippen LogP contribution is -2.46. The van der Waals surface area contributed by atoms with Crippen molar-refractivity contribution in [2.75, 3.05) is 39.8 Å². The molecule has 18 heavy (non-hydrogen) atoms. The molecule has 1 N–H and O–H groups in total. The van der Waals surface area contributed by atoms with Gasteiger partial charge in [-0.15, -0.1) is 0 Å². The Labute approximate surface area is 110 Å². The third-order valence-electron chi connectivity index (χ3n) is 4.69. The van der Waals surface area contributed by atoms with E-state index in [4.69, 9.17) is 0 Å². The summed E-state index contributed by atoms with van der Waals surface area (Å²) in [6, 6.07) is 0. The van der Waals surface area contributed by atoms with Crippen LogP contribution in [0.5, 0.6) is 0 Å². The minimum atomic E-state index is 0.135. The minimum Gasteiger partial charge on any atom is -0.396 e. The number of amides is 1. The topological polar surface area (TPSA) is 43.8 Å². The van der Waals surface area contributed by atoms with Gasteiger partial charge in [0.25, 0.3) is 0 Å². The van der Waals surface area contributed by atoms with Crippen LogP contribution in [0.15, 0.2) is 0 Å². The normalized spacial score (nSPS) is 29.6. The molecule has 0 spiro atoms. The van der Waals surface area contributed by atoms with E-state index in [1.54, 1.807) is 0 Å². The first-order chi connectivity index (χ1) is 8.52. The van der Waals surface area contributed by atoms with Crippen molar-refractivity contribution in [2.45, 2.75) is 32.6 Å². The van der Waals surface area contributed by atoms with Crippen LogP contribution in [0, 0.1) is 11.3 Å². The highest BCUT2D eigenvalue weighted by molar-refractivity contribution is 5.76. The van der Waals surface area contributed by atoms with Gasteiger partial charge in [-0.2, -0.15) is 0 Å². The molecule has 2 saturated heterocycles. The molecule has 0 aromatic rings. The number of hydrogen-bond donors (Lipinski definition) is 1. The van der Waals surface area contributed by atoms with Gasteiger partial charge in [0, 0.05) is 33.2 Å². The van der Waals surface area contributed by atoms with Crippen molar-refractivity contribution in [2.24, 2.45) is 11.3 Å². The summed E-state index contributed by atoms with van der Waals surface area (Å²) < 4.78 is 0. The van der Waals surface area contributed by atoms with E-state index in [-0.39, 0.29) is 11.3 Å². The Balaban J connectivity index is 1.77. The van der Waals surface area contributed by atoms with E-state index in [0.29, 0.717) is 18.9 Å². The highest BCUT2D eigenvalue weighted by Gasteiger charge is 2.31. The zero-order chi connectivity index (χ0) is 13.2. The second-order valence-electron chi connectivity index (χ2n) is 6.45. The molecular weight excluding hydrogens is 228 g/mol. The fourth-order valence-corrected chi connectivity index (χ4v) is 3.05. The largest absolute Gasteiger partial charge is 0.396 e. The molecule has 0 radical (unpaired) electrons. The van der Waals surface area contributed by atoms with Gasteiger partial charge in [0.15, 0.2) is 0 Å². The molecule has 0 aromatic heterocycles. The summed E-state index contributed by atoms with van der Waals surface area (Å²) in [5, 5.41) is 9.36. The van der Waals surface area contributed by atoms with Gasteiger partial charge in [0.05, 0.1) is 0 Å². The van der Waals surface area contributed by atoms with Gasteiger partial charge in [-0.05, 0) is 43.7 Å². The van der Waals surface area contributed by atoms with Crippen LogP contribution in [0.4, 0.5) is 0 Å². The number of aliphatic hydroxyl groups is 1. The van der Waals surface area contributed by atoms with E-state index in [9.17, 15) is 9.90 Å². The summed E-state index contributed by atoms with van der Waals surface area (Å²) in [6.07, 6.45) is 3.93. The first-order valence-electron chi connectivity index (χ1n) is 7.10. The van der Waals surface area contributed by atoms with Gasteiger partial charge < -0.3 is 14.9 Å². The summed E-state index contributed by atoms with van der Waals surface area (Å²) in [5.74, 6) is 0.920. The molecule has 0 aliphatic carbocycles. The molecule has 4 heteroatoms. The van der Waals surface area contributed by atoms with Crippen LogP contribution in [0.1, 0.15) is 32.6 Å². The van der Waals surface area contributed by atoms with Crippen molar-refractivity contribution in [1.29, 1.82) is 0 Å². The van der Waals surface area contributed by atoms with Crippen molar-refractivity contribution < 1.29 is 9.90 Å². The molecule has 1 unspecified atom stereocenters. The predicted octanol–water partition coefficient (Wildman–Crippen LogP) is 0.949. The van der Waals surface area contributed by atoms with Gasteiger partial charge in [-0.1, -0.05) is 6.92 Å². The predicted molar refractivity (Wildman–Crippen MR) is 71.2 cm³/mol. The van der Waals surface area contributed by atoms with E-state index >= 15 is 0 Å². The first-order valence-corrected chi connectivity index (χ1v) is 7.10. The minimum absolute atomic E-state index is 0.135. The number of carbonyl (C=O) groups is 1. The average molecular weight is 254 g/mol. The Bertz CT molecular complexity index is 298. The monoisotopic (exact) mass is 254 g/mol. The number of hydrogen-bond acceptors (Lipinski definition) is 3. The number of aliphatic hydroxyl groups excluding tert-OH is 1. The molecule has 0 saturated carbocycles. The maximum atomic E-state index is 11.4. The van der Waals surface area contributed by atoms with Crippen LogP contribution < -0.4 is 0 Å². The van der Waals surface area contributed by atoms with Crippen LogP contribution >= 0.6 is 0 Å². The number of likely N-dealkylation sites (tertiary alicyclic amines) is 2. The molecule has 2 aliphatic rings. The van der Waals surface area contributed by atoms with Crippen LogP contribution in [0.25, 0.3) is 0 Å². The summed E-state index contributed by atoms with van der Waals surface area (Å²) in [4.78, 5) is 15.8. The average Bonchev–Trinajstić information content (AvgIpc) is 2.37. The third-order valence-corrected chi connectivity index (χ3v) is 4.69. The fourth-order valence-electron chi connectivity index (χ4n) is 3.05. The Morgan fingerprint density at radius 2 is 2.06 bits per heavy atom. The molecule has 2 heterocycles. The second-order valence-corrected chi connectivity index (χ2v) is 6.45. The summed E-state index contributed by atoms with van der Waals surface area (Å²) >= 11 is 0. The zero-order valence-corrected chi connectivity index (χ0v) is 11.7. The number of nitrogens with zero attached hydrogens (tertiary/aromatic N) is 2. The van der Waals surface area contributed by atoms with Crippen molar-refractivity contribution in [3.05, 3.63) is 0 Å². The van der Waals surface area contributed by atoms with E-state index in [1.165, 1.54) is 0 Å². The maximum Gasteiger partial charge on any atom is 0.222 e. The van der Waals surface area contributed by atoms with Crippen LogP contribution in [0.2, 0.25) is 0 Å². The number of rotatable bonds is 3. The van der Waals surface area contributed by atoms with E-state index < -0.39 is 0 Å². The Kier molecular flexibility index (Phi) is 4.28. The van der Waals surface area contributed by atoms with E-state index in [1.807, 2.05) is 11.9 Å². The highest BCUT2D eigenvalue weighted by atomic mass is 16.3. The molecule has 2 rings (SSSR count). The molecule has 0 aromatic carbocycles. The Morgan fingerprint density at radius 1 is 1.39 bits per heavy atom. The SMILES string of the molecule is CN1CC(CN2CCC(C)(CO)CC2)CCC1=O. The molecule has 104 valence electrons. The third kappa shape index (κ3) is 3.23. The quantitative estimate of drug-likeness (QED) is 0.815. The van der Waals surface area contributed by atoms with Gasteiger partial charge in [0.1, 0.15) is 0 Å². The van der Waals surface area contributed by atoms with Gasteiger partial charge in [0.2, 0.25) is 5.91 Å². The Morgan fingerprint density at radius 3 is 2.61 bits per heavy atom. The van der Waals surface area contributed by atoms with Crippen LogP contribution in [-0.4, -0.2) is 60.6 Å². The van der Waals surface area contributed by atoms with Crippen LogP contribution in [-0.2, 0) is 4.79 Å². The van der Waals surface area contributed by atoms with Gasteiger partial charge in [-0.3, -0.25) is 4.79 Å². The van der Waals surface area contributed by atoms with Crippen molar-refractivity contribution in [3.63, 3.8) is 0 Å². The first kappa shape index (κ1) is 13.8. The molecule has 1 amide bonds. The number of carbonyl (C=O) groups excluding carboxylic acids is 1. The lowest BCUT2D eigenvalue weighted by atomic mass is 9.81.